The number of carbonyl (C=O) groups excluding carboxylic acids is 1. The molecule has 0 spiro atoms. The Kier molecular flexibility index (Phi) is 2.93. The van der Waals surface area contributed by atoms with Gasteiger partial charge < -0.3 is 9.72 Å². The second-order valence-corrected chi connectivity index (χ2v) is 3.50. The molecule has 0 aliphatic rings. The van der Waals surface area contributed by atoms with Gasteiger partial charge in [-0.1, -0.05) is 23.2 Å². The van der Waals surface area contributed by atoms with Crippen LogP contribution in [-0.4, -0.2) is 32.5 Å². The van der Waals surface area contributed by atoms with E-state index in [1.165, 1.54) is 0 Å². The summed E-state index contributed by atoms with van der Waals surface area (Å²) in [5.74, 6) is -0.551. The lowest BCUT2D eigenvalue weighted by atomic mass is 10.6. The molecule has 0 aliphatic heterocycles. The van der Waals surface area contributed by atoms with Crippen molar-refractivity contribution < 1.29 is 9.53 Å². The number of halogens is 2. The second-order valence-electron chi connectivity index (χ2n) is 2.78. The molecule has 0 saturated carbocycles. The third-order valence-electron chi connectivity index (χ3n) is 1.72. The zero-order valence-corrected chi connectivity index (χ0v) is 9.63. The highest BCUT2D eigenvalue weighted by Gasteiger charge is 2.15. The van der Waals surface area contributed by atoms with Crippen molar-refractivity contribution in [1.29, 1.82) is 0 Å². The minimum absolute atomic E-state index is 0.0233. The maximum atomic E-state index is 11.3. The molecule has 2 aromatic heterocycles. The van der Waals surface area contributed by atoms with Gasteiger partial charge in [-0.05, 0) is 6.92 Å². The number of esters is 1. The van der Waals surface area contributed by atoms with E-state index in [0.29, 0.717) is 0 Å². The summed E-state index contributed by atoms with van der Waals surface area (Å²) in [6.07, 6.45) is 0. The molecule has 2 heterocycles. The first kappa shape index (κ1) is 11.1. The standard InChI is InChI=1S/C8H6Cl2N4O2/c1-2-16-8(15)7-13-5-6(14-7)12-4(10)3(9)11-5/h2H2,1H3,(H,11,12,13,14). The maximum Gasteiger partial charge on any atom is 0.374 e. The van der Waals surface area contributed by atoms with Gasteiger partial charge >= 0.3 is 5.97 Å². The normalized spacial score (nSPS) is 10.7. The van der Waals surface area contributed by atoms with Gasteiger partial charge in [-0.2, -0.15) is 0 Å². The van der Waals surface area contributed by atoms with Crippen LogP contribution in [0.1, 0.15) is 17.5 Å². The molecule has 1 N–H and O–H groups in total. The molecule has 8 heteroatoms. The van der Waals surface area contributed by atoms with E-state index in [-0.39, 0.29) is 34.0 Å². The van der Waals surface area contributed by atoms with Crippen molar-refractivity contribution in [3.8, 4) is 0 Å². The number of rotatable bonds is 2. The van der Waals surface area contributed by atoms with Crippen molar-refractivity contribution in [2.45, 2.75) is 6.92 Å². The van der Waals surface area contributed by atoms with Crippen LogP contribution < -0.4 is 0 Å². The summed E-state index contributed by atoms with van der Waals surface area (Å²) in [5, 5.41) is 0.0873. The van der Waals surface area contributed by atoms with Gasteiger partial charge in [-0.3, -0.25) is 0 Å². The Labute approximate surface area is 100.0 Å². The summed E-state index contributed by atoms with van der Waals surface area (Å²) >= 11 is 11.3. The molecule has 0 bridgehead atoms. The monoisotopic (exact) mass is 260 g/mol. The molecule has 0 amide bonds. The predicted molar refractivity (Wildman–Crippen MR) is 57.7 cm³/mol. The number of imidazole rings is 1. The lowest BCUT2D eigenvalue weighted by Crippen LogP contribution is -2.06. The van der Waals surface area contributed by atoms with Crippen molar-refractivity contribution in [3.05, 3.63) is 16.1 Å². The fourth-order valence-corrected chi connectivity index (χ4v) is 1.34. The van der Waals surface area contributed by atoms with Gasteiger partial charge in [0, 0.05) is 0 Å². The number of hydrogen-bond acceptors (Lipinski definition) is 5. The Morgan fingerprint density at radius 2 is 2.00 bits per heavy atom. The highest BCUT2D eigenvalue weighted by Crippen LogP contribution is 2.19. The van der Waals surface area contributed by atoms with E-state index in [2.05, 4.69) is 19.9 Å². The van der Waals surface area contributed by atoms with Gasteiger partial charge in [-0.25, -0.2) is 19.7 Å². The highest BCUT2D eigenvalue weighted by atomic mass is 35.5. The summed E-state index contributed by atoms with van der Waals surface area (Å²) < 4.78 is 4.76. The van der Waals surface area contributed by atoms with Gasteiger partial charge in [0.1, 0.15) is 0 Å². The summed E-state index contributed by atoms with van der Waals surface area (Å²) in [6.45, 7) is 1.96. The van der Waals surface area contributed by atoms with Crippen LogP contribution in [0.5, 0.6) is 0 Å². The van der Waals surface area contributed by atoms with E-state index < -0.39 is 5.97 Å². The maximum absolute atomic E-state index is 11.3. The Balaban J connectivity index is 2.48. The fourth-order valence-electron chi connectivity index (χ4n) is 1.09. The fraction of sp³-hybridized carbons (Fsp3) is 0.250. The highest BCUT2D eigenvalue weighted by molar-refractivity contribution is 6.40. The van der Waals surface area contributed by atoms with Crippen LogP contribution in [0.2, 0.25) is 10.3 Å². The topological polar surface area (TPSA) is 80.8 Å². The smallest absolute Gasteiger partial charge is 0.374 e. The van der Waals surface area contributed by atoms with Gasteiger partial charge in [0.15, 0.2) is 21.6 Å². The van der Waals surface area contributed by atoms with Crippen LogP contribution >= 0.6 is 23.2 Å². The number of nitrogens with one attached hydrogen (secondary N) is 1. The van der Waals surface area contributed by atoms with Crippen LogP contribution in [0.4, 0.5) is 0 Å². The van der Waals surface area contributed by atoms with E-state index >= 15 is 0 Å². The quantitative estimate of drug-likeness (QED) is 0.834. The van der Waals surface area contributed by atoms with Crippen LogP contribution in [-0.2, 0) is 4.74 Å². The summed E-state index contributed by atoms with van der Waals surface area (Å²) in [5.41, 5.74) is 0.509. The Morgan fingerprint density at radius 1 is 1.31 bits per heavy atom. The van der Waals surface area contributed by atoms with E-state index in [1.54, 1.807) is 6.92 Å². The van der Waals surface area contributed by atoms with Crippen molar-refractivity contribution in [1.82, 2.24) is 19.9 Å². The molecule has 0 saturated heterocycles. The Morgan fingerprint density at radius 3 is 2.69 bits per heavy atom. The summed E-state index contributed by atoms with van der Waals surface area (Å²) in [7, 11) is 0. The average Bonchev–Trinajstić information content (AvgIpc) is 2.62. The van der Waals surface area contributed by atoms with E-state index in [4.69, 9.17) is 27.9 Å². The first-order valence-electron chi connectivity index (χ1n) is 4.37. The van der Waals surface area contributed by atoms with Gasteiger partial charge in [-0.15, -0.1) is 0 Å². The molecule has 0 fully saturated rings. The molecule has 0 unspecified atom stereocenters. The summed E-state index contributed by atoms with van der Waals surface area (Å²) in [4.78, 5) is 25.6. The molecule has 0 aliphatic carbocycles. The Bertz CT molecular complexity index is 515. The number of ether oxygens (including phenoxy) is 1. The van der Waals surface area contributed by atoms with Gasteiger partial charge in [0.2, 0.25) is 5.82 Å². The van der Waals surface area contributed by atoms with E-state index in [0.717, 1.165) is 0 Å². The zero-order valence-electron chi connectivity index (χ0n) is 8.12. The first-order valence-corrected chi connectivity index (χ1v) is 5.13. The largest absolute Gasteiger partial charge is 0.460 e. The number of carbonyl (C=O) groups is 1. The molecule has 0 radical (unpaired) electrons. The molecule has 0 atom stereocenters. The van der Waals surface area contributed by atoms with Crippen LogP contribution in [0.25, 0.3) is 11.3 Å². The average molecular weight is 261 g/mol. The van der Waals surface area contributed by atoms with Crippen LogP contribution in [0, 0.1) is 0 Å². The first-order chi connectivity index (χ1) is 7.61. The molecule has 2 aromatic rings. The zero-order chi connectivity index (χ0) is 11.7. The summed E-state index contributed by atoms with van der Waals surface area (Å²) in [6, 6.07) is 0. The molecule has 6 nitrogen and oxygen atoms in total. The van der Waals surface area contributed by atoms with Crippen LogP contribution in [0.15, 0.2) is 0 Å². The molecular formula is C8H6Cl2N4O2. The van der Waals surface area contributed by atoms with Crippen molar-refractivity contribution in [3.63, 3.8) is 0 Å². The van der Waals surface area contributed by atoms with Crippen molar-refractivity contribution >= 4 is 40.5 Å². The third kappa shape index (κ3) is 1.94. The van der Waals surface area contributed by atoms with E-state index in [1.807, 2.05) is 0 Å². The Hall–Kier alpha value is -1.40. The van der Waals surface area contributed by atoms with E-state index in [9.17, 15) is 4.79 Å². The minimum atomic E-state index is -0.574. The number of aromatic amines is 1. The van der Waals surface area contributed by atoms with Crippen molar-refractivity contribution in [2.75, 3.05) is 6.61 Å². The molecule has 84 valence electrons. The number of fused-ring (bicyclic) bond motifs is 1. The lowest BCUT2D eigenvalue weighted by Gasteiger charge is -1.95. The SMILES string of the molecule is CCOC(=O)c1nc2nc(Cl)c(Cl)nc2[nH]1. The third-order valence-corrected chi connectivity index (χ3v) is 2.34. The lowest BCUT2D eigenvalue weighted by molar-refractivity contribution is 0.0513. The number of nitrogens with zero attached hydrogens (tertiary/aromatic N) is 3. The molecule has 2 rings (SSSR count). The minimum Gasteiger partial charge on any atom is -0.460 e. The predicted octanol–water partition coefficient (Wildman–Crippen LogP) is 1.84. The second kappa shape index (κ2) is 4.23. The molecule has 16 heavy (non-hydrogen) atoms. The van der Waals surface area contributed by atoms with Crippen LogP contribution in [0.3, 0.4) is 0 Å². The van der Waals surface area contributed by atoms with Crippen molar-refractivity contribution in [2.24, 2.45) is 0 Å². The van der Waals surface area contributed by atoms with Gasteiger partial charge in [0.25, 0.3) is 0 Å². The molecular weight excluding hydrogens is 255 g/mol. The number of hydrogen-bond donors (Lipinski definition) is 1. The number of aromatic nitrogens is 4. The number of H-pyrrole nitrogens is 1. The molecule has 0 aromatic carbocycles. The van der Waals surface area contributed by atoms with Gasteiger partial charge in [0.05, 0.1) is 6.61 Å².